The van der Waals surface area contributed by atoms with Crippen LogP contribution >= 0.6 is 7.52 Å². The van der Waals surface area contributed by atoms with Crippen molar-refractivity contribution in [3.05, 3.63) is 42.5 Å². The van der Waals surface area contributed by atoms with Crippen LogP contribution in [0.4, 0.5) is 0 Å². The van der Waals surface area contributed by atoms with Crippen LogP contribution in [0.1, 0.15) is 34.6 Å². The van der Waals surface area contributed by atoms with Crippen LogP contribution in [0.25, 0.3) is 10.8 Å². The zero-order chi connectivity index (χ0) is 19.4. The Morgan fingerprint density at radius 1 is 1.12 bits per heavy atom. The summed E-state index contributed by atoms with van der Waals surface area (Å²) in [7, 11) is -3.29. The van der Waals surface area contributed by atoms with E-state index in [1.807, 2.05) is 57.2 Å². The molecular weight excluding hydrogens is 349 g/mol. The van der Waals surface area contributed by atoms with Crippen molar-refractivity contribution in [3.63, 3.8) is 0 Å². The number of carbonyl (C=O) groups is 1. The van der Waals surface area contributed by atoms with Crippen LogP contribution in [-0.4, -0.2) is 24.8 Å². The van der Waals surface area contributed by atoms with Crippen LogP contribution in [0.3, 0.4) is 0 Å². The van der Waals surface area contributed by atoms with Gasteiger partial charge in [0, 0.05) is 5.39 Å². The van der Waals surface area contributed by atoms with Crippen molar-refractivity contribution in [2.45, 2.75) is 40.3 Å². The van der Waals surface area contributed by atoms with Gasteiger partial charge in [-0.15, -0.1) is 0 Å². The maximum absolute atomic E-state index is 13.3. The fourth-order valence-corrected chi connectivity index (χ4v) is 3.71. The van der Waals surface area contributed by atoms with E-state index in [1.54, 1.807) is 19.9 Å². The number of ether oxygens (including phenoxy) is 1. The van der Waals surface area contributed by atoms with E-state index in [2.05, 4.69) is 5.09 Å². The normalized spacial score (nSPS) is 14.2. The van der Waals surface area contributed by atoms with Gasteiger partial charge in [-0.05, 0) is 16.9 Å². The quantitative estimate of drug-likeness (QED) is 0.543. The summed E-state index contributed by atoms with van der Waals surface area (Å²) >= 11 is 0. The van der Waals surface area contributed by atoms with Gasteiger partial charge in [-0.2, -0.15) is 0 Å². The fraction of sp³-hybridized carbons (Fsp3) is 0.450. The minimum Gasteiger partial charge on any atom is -0.464 e. The van der Waals surface area contributed by atoms with Gasteiger partial charge in [0.05, 0.1) is 12.3 Å². The monoisotopic (exact) mass is 377 g/mol. The fourth-order valence-electron chi connectivity index (χ4n) is 2.26. The van der Waals surface area contributed by atoms with Gasteiger partial charge >= 0.3 is 13.5 Å². The van der Waals surface area contributed by atoms with Crippen molar-refractivity contribution in [3.8, 4) is 5.75 Å². The van der Waals surface area contributed by atoms with E-state index in [0.717, 1.165) is 10.8 Å². The summed E-state index contributed by atoms with van der Waals surface area (Å²) in [5, 5.41) is 4.69. The Balaban J connectivity index is 2.12. The number of nitrogens with one attached hydrogen (secondary N) is 1. The smallest absolute Gasteiger partial charge is 0.320 e. The summed E-state index contributed by atoms with van der Waals surface area (Å²) in [5.74, 6) is 0.0954. The summed E-state index contributed by atoms with van der Waals surface area (Å²) in [6.45, 7) is 9.71. The molecule has 0 saturated carbocycles. The molecule has 0 saturated heterocycles. The first-order valence-electron chi connectivity index (χ1n) is 8.78. The van der Waals surface area contributed by atoms with Crippen molar-refractivity contribution in [2.24, 2.45) is 5.41 Å². The molecule has 6 heteroatoms. The molecule has 142 valence electrons. The molecule has 2 aromatic carbocycles. The predicted molar refractivity (Wildman–Crippen MR) is 106 cm³/mol. The van der Waals surface area contributed by atoms with E-state index in [-0.39, 0.29) is 17.6 Å². The molecule has 1 N–H and O–H groups in total. The average molecular weight is 377 g/mol. The molecule has 0 aliphatic heterocycles. The summed E-state index contributed by atoms with van der Waals surface area (Å²) in [6, 6.07) is 13.4. The average Bonchev–Trinajstić information content (AvgIpc) is 2.58. The summed E-state index contributed by atoms with van der Waals surface area (Å²) in [6.07, 6.45) is 0. The van der Waals surface area contributed by atoms with Gasteiger partial charge in [-0.3, -0.25) is 9.36 Å². The maximum Gasteiger partial charge on any atom is 0.320 e. The lowest BCUT2D eigenvalue weighted by Gasteiger charge is -2.24. The standard InChI is InChI=1S/C20H28NO4P/c1-15(2)26(23,21-13-19(22)24-14-20(3,4)5)25-18-12-8-10-16-9-6-7-11-17(16)18/h6-12,15H,13-14H2,1-5H3,(H,21,23). The summed E-state index contributed by atoms with van der Waals surface area (Å²) in [5.41, 5.74) is -0.409. The lowest BCUT2D eigenvalue weighted by Crippen LogP contribution is -2.29. The zero-order valence-corrected chi connectivity index (χ0v) is 17.0. The zero-order valence-electron chi connectivity index (χ0n) is 16.1. The van der Waals surface area contributed by atoms with Crippen LogP contribution < -0.4 is 9.61 Å². The third-order valence-corrected chi connectivity index (χ3v) is 6.20. The lowest BCUT2D eigenvalue weighted by atomic mass is 9.99. The Labute approximate surface area is 155 Å². The van der Waals surface area contributed by atoms with Gasteiger partial charge in [-0.25, -0.2) is 5.09 Å². The highest BCUT2D eigenvalue weighted by Crippen LogP contribution is 2.48. The number of benzene rings is 2. The van der Waals surface area contributed by atoms with Gasteiger partial charge < -0.3 is 9.26 Å². The van der Waals surface area contributed by atoms with Crippen LogP contribution in [0, 0.1) is 5.41 Å². The van der Waals surface area contributed by atoms with Crippen LogP contribution in [0.15, 0.2) is 42.5 Å². The highest BCUT2D eigenvalue weighted by atomic mass is 31.2. The molecule has 0 aliphatic rings. The highest BCUT2D eigenvalue weighted by Gasteiger charge is 2.30. The first-order chi connectivity index (χ1) is 12.1. The summed E-state index contributed by atoms with van der Waals surface area (Å²) in [4.78, 5) is 12.0. The minimum atomic E-state index is -3.29. The third kappa shape index (κ3) is 5.58. The molecule has 0 fully saturated rings. The molecule has 0 aromatic heterocycles. The Hall–Kier alpha value is -1.84. The Morgan fingerprint density at radius 2 is 1.77 bits per heavy atom. The Bertz CT molecular complexity index is 806. The van der Waals surface area contributed by atoms with Gasteiger partial charge in [0.2, 0.25) is 0 Å². The van der Waals surface area contributed by atoms with Crippen molar-refractivity contribution in [1.82, 2.24) is 5.09 Å². The van der Waals surface area contributed by atoms with Gasteiger partial charge in [-0.1, -0.05) is 71.0 Å². The molecule has 5 nitrogen and oxygen atoms in total. The molecule has 0 aliphatic carbocycles. The summed E-state index contributed by atoms with van der Waals surface area (Å²) < 4.78 is 24.4. The van der Waals surface area contributed by atoms with E-state index in [9.17, 15) is 9.36 Å². The second-order valence-corrected chi connectivity index (χ2v) is 10.5. The number of esters is 1. The van der Waals surface area contributed by atoms with Gasteiger partial charge in [0.1, 0.15) is 12.3 Å². The minimum absolute atomic E-state index is 0.114. The molecule has 26 heavy (non-hydrogen) atoms. The second kappa shape index (κ2) is 8.24. The SMILES string of the molecule is CC(C)P(=O)(NCC(=O)OCC(C)(C)C)Oc1cccc2ccccc12. The molecule has 2 rings (SSSR count). The Kier molecular flexibility index (Phi) is 6.48. The molecule has 0 heterocycles. The van der Waals surface area contributed by atoms with Crippen molar-refractivity contribution < 1.29 is 18.6 Å². The molecule has 1 atom stereocenters. The van der Waals surface area contributed by atoms with E-state index in [1.165, 1.54) is 0 Å². The third-order valence-electron chi connectivity index (χ3n) is 3.77. The molecular formula is C20H28NO4P. The number of hydrogen-bond acceptors (Lipinski definition) is 4. The second-order valence-electron chi connectivity index (χ2n) is 7.82. The van der Waals surface area contributed by atoms with E-state index in [0.29, 0.717) is 12.4 Å². The molecule has 0 bridgehead atoms. The van der Waals surface area contributed by atoms with Crippen LogP contribution in [0.2, 0.25) is 0 Å². The molecule has 2 aromatic rings. The lowest BCUT2D eigenvalue weighted by molar-refractivity contribution is -0.144. The van der Waals surface area contributed by atoms with Crippen molar-refractivity contribution >= 4 is 24.3 Å². The molecule has 1 unspecified atom stereocenters. The number of hydrogen-bond donors (Lipinski definition) is 1. The maximum atomic E-state index is 13.3. The van der Waals surface area contributed by atoms with Gasteiger partial charge in [0.15, 0.2) is 0 Å². The first-order valence-corrected chi connectivity index (χ1v) is 10.5. The van der Waals surface area contributed by atoms with Crippen LogP contribution in [0.5, 0.6) is 5.75 Å². The number of carbonyl (C=O) groups excluding carboxylic acids is 1. The first kappa shape index (κ1) is 20.5. The molecule has 0 radical (unpaired) electrons. The van der Waals surface area contributed by atoms with E-state index >= 15 is 0 Å². The number of fused-ring (bicyclic) bond motifs is 1. The number of rotatable bonds is 7. The van der Waals surface area contributed by atoms with Crippen LogP contribution in [-0.2, 0) is 14.1 Å². The largest absolute Gasteiger partial charge is 0.464 e. The van der Waals surface area contributed by atoms with E-state index in [4.69, 9.17) is 9.26 Å². The molecule has 0 spiro atoms. The highest BCUT2D eigenvalue weighted by molar-refractivity contribution is 7.58. The van der Waals surface area contributed by atoms with E-state index < -0.39 is 13.5 Å². The predicted octanol–water partition coefficient (Wildman–Crippen LogP) is 5.00. The van der Waals surface area contributed by atoms with Gasteiger partial charge in [0.25, 0.3) is 0 Å². The van der Waals surface area contributed by atoms with Crippen molar-refractivity contribution in [2.75, 3.05) is 13.2 Å². The molecule has 0 amide bonds. The van der Waals surface area contributed by atoms with Crippen molar-refractivity contribution in [1.29, 1.82) is 0 Å². The Morgan fingerprint density at radius 3 is 2.42 bits per heavy atom. The topological polar surface area (TPSA) is 64.6 Å².